The number of ether oxygens (including phenoxy) is 1. The van der Waals surface area contributed by atoms with E-state index in [1.165, 1.54) is 23.7 Å². The third-order valence-electron chi connectivity index (χ3n) is 6.61. The Balaban J connectivity index is 1.17. The molecule has 0 saturated carbocycles. The van der Waals surface area contributed by atoms with E-state index in [0.29, 0.717) is 36.6 Å². The molecule has 0 N–H and O–H groups in total. The molecule has 2 aliphatic heterocycles. The third-order valence-corrected chi connectivity index (χ3v) is 9.33. The van der Waals surface area contributed by atoms with Crippen molar-refractivity contribution in [3.63, 3.8) is 0 Å². The number of methoxy groups -OCH3 is 1. The third kappa shape index (κ3) is 4.39. The second kappa shape index (κ2) is 8.86. The van der Waals surface area contributed by atoms with E-state index in [1.807, 2.05) is 0 Å². The van der Waals surface area contributed by atoms with Crippen molar-refractivity contribution in [1.82, 2.24) is 13.7 Å². The predicted octanol–water partition coefficient (Wildman–Crippen LogP) is 3.71. The highest BCUT2D eigenvalue weighted by molar-refractivity contribution is 7.89. The van der Waals surface area contributed by atoms with Crippen molar-refractivity contribution in [1.29, 1.82) is 0 Å². The Labute approximate surface area is 201 Å². The van der Waals surface area contributed by atoms with Crippen LogP contribution >= 0.6 is 11.5 Å². The first kappa shape index (κ1) is 23.1. The molecule has 5 rings (SSSR count). The van der Waals surface area contributed by atoms with Crippen LogP contribution in [0.1, 0.15) is 24.2 Å². The minimum Gasteiger partial charge on any atom is -0.497 e. The Morgan fingerprint density at radius 1 is 1.06 bits per heavy atom. The Hall–Kier alpha value is -2.63. The van der Waals surface area contributed by atoms with Gasteiger partial charge in [0.15, 0.2) is 11.6 Å². The lowest BCUT2D eigenvalue weighted by Crippen LogP contribution is -2.61. The van der Waals surface area contributed by atoms with Crippen molar-refractivity contribution in [2.45, 2.75) is 24.2 Å². The van der Waals surface area contributed by atoms with Crippen LogP contribution < -0.4 is 9.64 Å². The Morgan fingerprint density at radius 3 is 2.41 bits per heavy atom. The summed E-state index contributed by atoms with van der Waals surface area (Å²) in [5, 5.41) is 0.802. The summed E-state index contributed by atoms with van der Waals surface area (Å²) >= 11 is 1.29. The fraction of sp³-hybridized carbons (Fsp3) is 0.391. The second-order valence-electron chi connectivity index (χ2n) is 8.85. The number of nitrogens with zero attached hydrogens (tertiary/aromatic N) is 4. The first-order chi connectivity index (χ1) is 16.3. The van der Waals surface area contributed by atoms with E-state index < -0.39 is 21.7 Å². The molecule has 2 fully saturated rings. The Bertz CT molecular complexity index is 1280. The summed E-state index contributed by atoms with van der Waals surface area (Å²) in [6.07, 6.45) is 1.92. The van der Waals surface area contributed by atoms with E-state index in [-0.39, 0.29) is 10.3 Å². The number of rotatable bonds is 6. The van der Waals surface area contributed by atoms with Crippen LogP contribution in [0.2, 0.25) is 0 Å². The maximum atomic E-state index is 13.4. The standard InChI is InChI=1S/C23H24F2N4O3S2/c1-32-17-3-5-18(6-4-17)34(30,31)29-10-8-23(9-11-29)14-28(15-23)22-26-21(27-33-22)13-16-2-7-19(24)20(25)12-16/h2-7,12H,8-11,13-15H2,1H3. The molecule has 0 atom stereocenters. The molecule has 2 aliphatic rings. The molecular weight excluding hydrogens is 482 g/mol. The zero-order valence-corrected chi connectivity index (χ0v) is 20.2. The van der Waals surface area contributed by atoms with Crippen LogP contribution in [0.25, 0.3) is 0 Å². The van der Waals surface area contributed by atoms with Crippen molar-refractivity contribution < 1.29 is 21.9 Å². The van der Waals surface area contributed by atoms with Crippen molar-refractivity contribution in [3.8, 4) is 5.75 Å². The molecule has 0 radical (unpaired) electrons. The molecule has 3 heterocycles. The summed E-state index contributed by atoms with van der Waals surface area (Å²) in [7, 11) is -1.98. The normalized spacial score (nSPS) is 18.1. The van der Waals surface area contributed by atoms with E-state index >= 15 is 0 Å². The lowest BCUT2D eigenvalue weighted by Gasteiger charge is -2.53. The number of benzene rings is 2. The summed E-state index contributed by atoms with van der Waals surface area (Å²) in [5.41, 5.74) is 0.700. The van der Waals surface area contributed by atoms with E-state index in [1.54, 1.807) is 35.7 Å². The number of halogens is 2. The van der Waals surface area contributed by atoms with Gasteiger partial charge in [-0.1, -0.05) is 6.07 Å². The van der Waals surface area contributed by atoms with Gasteiger partial charge in [-0.05, 0) is 54.8 Å². The van der Waals surface area contributed by atoms with Gasteiger partial charge in [0.1, 0.15) is 11.6 Å². The summed E-state index contributed by atoms with van der Waals surface area (Å²) < 4.78 is 63.6. The maximum absolute atomic E-state index is 13.4. The topological polar surface area (TPSA) is 75.6 Å². The molecular formula is C23H24F2N4O3S2. The highest BCUT2D eigenvalue weighted by atomic mass is 32.2. The number of hydrogen-bond donors (Lipinski definition) is 0. The number of sulfonamides is 1. The smallest absolute Gasteiger partial charge is 0.243 e. The molecule has 11 heteroatoms. The number of piperidine rings is 1. The van der Waals surface area contributed by atoms with Crippen molar-refractivity contribution in [2.24, 2.45) is 5.41 Å². The zero-order chi connectivity index (χ0) is 23.9. The fourth-order valence-electron chi connectivity index (χ4n) is 4.59. The number of anilines is 1. The van der Waals surface area contributed by atoms with E-state index in [0.717, 1.165) is 37.1 Å². The fourth-order valence-corrected chi connectivity index (χ4v) is 6.71. The van der Waals surface area contributed by atoms with Gasteiger partial charge in [0.25, 0.3) is 0 Å². The van der Waals surface area contributed by atoms with Crippen LogP contribution in [0, 0.1) is 17.0 Å². The van der Waals surface area contributed by atoms with E-state index in [4.69, 9.17) is 4.74 Å². The molecule has 7 nitrogen and oxygen atoms in total. The van der Waals surface area contributed by atoms with Gasteiger partial charge in [-0.25, -0.2) is 22.2 Å². The molecule has 0 unspecified atom stereocenters. The molecule has 2 aromatic carbocycles. The van der Waals surface area contributed by atoms with Crippen LogP contribution in [0.3, 0.4) is 0 Å². The predicted molar refractivity (Wildman–Crippen MR) is 125 cm³/mol. The average Bonchev–Trinajstić information content (AvgIpc) is 3.28. The first-order valence-corrected chi connectivity index (χ1v) is 13.2. The monoisotopic (exact) mass is 506 g/mol. The van der Waals surface area contributed by atoms with Crippen molar-refractivity contribution in [2.75, 3.05) is 38.2 Å². The Morgan fingerprint density at radius 2 is 1.76 bits per heavy atom. The summed E-state index contributed by atoms with van der Waals surface area (Å²) in [5.74, 6) is -0.550. The molecule has 0 aliphatic carbocycles. The van der Waals surface area contributed by atoms with Crippen LogP contribution in [0.4, 0.5) is 13.9 Å². The quantitative estimate of drug-likeness (QED) is 0.508. The lowest BCUT2D eigenvalue weighted by atomic mass is 9.73. The second-order valence-corrected chi connectivity index (χ2v) is 11.5. The molecule has 1 spiro atoms. The van der Waals surface area contributed by atoms with Gasteiger partial charge in [0, 0.05) is 49.5 Å². The molecule has 1 aromatic heterocycles. The van der Waals surface area contributed by atoms with E-state index in [2.05, 4.69) is 14.3 Å². The largest absolute Gasteiger partial charge is 0.497 e. The maximum Gasteiger partial charge on any atom is 0.243 e. The molecule has 0 bridgehead atoms. The van der Waals surface area contributed by atoms with Gasteiger partial charge in [0.2, 0.25) is 15.2 Å². The van der Waals surface area contributed by atoms with Gasteiger partial charge in [0.05, 0.1) is 12.0 Å². The van der Waals surface area contributed by atoms with Crippen molar-refractivity contribution in [3.05, 3.63) is 65.5 Å². The van der Waals surface area contributed by atoms with Gasteiger partial charge < -0.3 is 9.64 Å². The molecule has 0 amide bonds. The first-order valence-electron chi connectivity index (χ1n) is 10.9. The molecule has 3 aromatic rings. The van der Waals surface area contributed by atoms with Crippen LogP contribution in [0.5, 0.6) is 5.75 Å². The summed E-state index contributed by atoms with van der Waals surface area (Å²) in [6, 6.07) is 10.3. The van der Waals surface area contributed by atoms with Crippen molar-refractivity contribution >= 4 is 26.7 Å². The summed E-state index contributed by atoms with van der Waals surface area (Å²) in [6.45, 7) is 2.59. The van der Waals surface area contributed by atoms with Gasteiger partial charge in [-0.15, -0.1) is 0 Å². The van der Waals surface area contributed by atoms with Gasteiger partial charge in [-0.2, -0.15) is 8.68 Å². The Kier molecular flexibility index (Phi) is 6.03. The SMILES string of the molecule is COc1ccc(S(=O)(=O)N2CCC3(CC2)CN(c2nc(Cc4ccc(F)c(F)c4)ns2)C3)cc1. The lowest BCUT2D eigenvalue weighted by molar-refractivity contribution is 0.114. The van der Waals surface area contributed by atoms with Gasteiger partial charge >= 0.3 is 0 Å². The highest BCUT2D eigenvalue weighted by Gasteiger charge is 2.47. The van der Waals surface area contributed by atoms with Crippen LogP contribution in [-0.4, -0.2) is 55.4 Å². The van der Waals surface area contributed by atoms with E-state index in [9.17, 15) is 17.2 Å². The summed E-state index contributed by atoms with van der Waals surface area (Å²) in [4.78, 5) is 7.00. The number of hydrogen-bond acceptors (Lipinski definition) is 7. The van der Waals surface area contributed by atoms with Gasteiger partial charge in [-0.3, -0.25) is 0 Å². The number of aromatic nitrogens is 2. The minimum atomic E-state index is -3.53. The molecule has 2 saturated heterocycles. The average molecular weight is 507 g/mol. The molecule has 180 valence electrons. The zero-order valence-electron chi connectivity index (χ0n) is 18.6. The van der Waals surface area contributed by atoms with Crippen LogP contribution in [0.15, 0.2) is 47.4 Å². The minimum absolute atomic E-state index is 0.0812. The highest BCUT2D eigenvalue weighted by Crippen LogP contribution is 2.43. The molecule has 34 heavy (non-hydrogen) atoms. The van der Waals surface area contributed by atoms with Crippen LogP contribution in [-0.2, 0) is 16.4 Å².